The third kappa shape index (κ3) is 50.6. The SMILES string of the molecule is O=C(O)CC(=O)O.OB(O)O. The van der Waals surface area contributed by atoms with E-state index in [-0.39, 0.29) is 0 Å². The van der Waals surface area contributed by atoms with Crippen molar-refractivity contribution in [3.05, 3.63) is 0 Å². The van der Waals surface area contributed by atoms with Crippen molar-refractivity contribution in [2.24, 2.45) is 0 Å². The third-order valence-corrected chi connectivity index (χ3v) is 0.302. The van der Waals surface area contributed by atoms with Crippen molar-refractivity contribution < 1.29 is 34.9 Å². The topological polar surface area (TPSA) is 135 Å². The molecule has 0 saturated carbocycles. The lowest BCUT2D eigenvalue weighted by molar-refractivity contribution is -0.147. The van der Waals surface area contributed by atoms with Gasteiger partial charge in [0.15, 0.2) is 0 Å². The van der Waals surface area contributed by atoms with Crippen LogP contribution < -0.4 is 0 Å². The molecule has 5 N–H and O–H groups in total. The van der Waals surface area contributed by atoms with Gasteiger partial charge in [0.2, 0.25) is 0 Å². The summed E-state index contributed by atoms with van der Waals surface area (Å²) in [7, 11) is -2.17. The first-order valence-corrected chi connectivity index (χ1v) is 2.34. The highest BCUT2D eigenvalue weighted by atomic mass is 16.5. The Morgan fingerprint density at radius 3 is 1.18 bits per heavy atom. The fourth-order valence-electron chi connectivity index (χ4n) is 0.129. The van der Waals surface area contributed by atoms with Gasteiger partial charge in [0.25, 0.3) is 0 Å². The number of carboxylic acids is 2. The molecule has 11 heavy (non-hydrogen) atoms. The van der Waals surface area contributed by atoms with Crippen molar-refractivity contribution in [3.8, 4) is 0 Å². The van der Waals surface area contributed by atoms with Crippen LogP contribution in [-0.2, 0) is 9.59 Å². The van der Waals surface area contributed by atoms with Gasteiger partial charge in [-0.15, -0.1) is 0 Å². The summed E-state index contributed by atoms with van der Waals surface area (Å²) in [5, 5.41) is 36.9. The zero-order valence-corrected chi connectivity index (χ0v) is 5.34. The van der Waals surface area contributed by atoms with Gasteiger partial charge in [-0.2, -0.15) is 0 Å². The summed E-state index contributed by atoms with van der Waals surface area (Å²) in [4.78, 5) is 18.9. The summed E-state index contributed by atoms with van der Waals surface area (Å²) in [6.45, 7) is 0. The maximum atomic E-state index is 9.43. The number of carbonyl (C=O) groups is 2. The molecule has 0 amide bonds. The lowest BCUT2D eigenvalue weighted by Crippen LogP contribution is -2.07. The minimum atomic E-state index is -2.17. The Kier molecular flexibility index (Phi) is 7.98. The zero-order chi connectivity index (χ0) is 9.44. The van der Waals surface area contributed by atoms with Crippen LogP contribution in [0.3, 0.4) is 0 Å². The Labute approximate surface area is 61.7 Å². The molecular formula is C3H7BO7. The molecule has 0 unspecified atom stereocenters. The van der Waals surface area contributed by atoms with Crippen molar-refractivity contribution in [2.75, 3.05) is 0 Å². The Bertz CT molecular complexity index is 117. The fraction of sp³-hybridized carbons (Fsp3) is 0.333. The van der Waals surface area contributed by atoms with E-state index in [9.17, 15) is 9.59 Å². The van der Waals surface area contributed by atoms with Crippen molar-refractivity contribution in [1.82, 2.24) is 0 Å². The van der Waals surface area contributed by atoms with E-state index in [2.05, 4.69) is 0 Å². The van der Waals surface area contributed by atoms with Crippen LogP contribution in [-0.4, -0.2) is 44.5 Å². The van der Waals surface area contributed by atoms with Gasteiger partial charge in [-0.3, -0.25) is 9.59 Å². The van der Waals surface area contributed by atoms with Crippen LogP contribution in [0.5, 0.6) is 0 Å². The summed E-state index contributed by atoms with van der Waals surface area (Å²) in [5.74, 6) is -2.62. The van der Waals surface area contributed by atoms with Crippen LogP contribution in [0.25, 0.3) is 0 Å². The molecular weight excluding hydrogens is 159 g/mol. The van der Waals surface area contributed by atoms with E-state index in [4.69, 9.17) is 25.3 Å². The molecule has 0 saturated heterocycles. The lowest BCUT2D eigenvalue weighted by Gasteiger charge is -1.80. The highest BCUT2D eigenvalue weighted by molar-refractivity contribution is 6.30. The Balaban J connectivity index is 0. The van der Waals surface area contributed by atoms with Crippen LogP contribution in [0, 0.1) is 0 Å². The average molecular weight is 166 g/mol. The normalized spacial score (nSPS) is 7.55. The van der Waals surface area contributed by atoms with Crippen LogP contribution in [0.4, 0.5) is 0 Å². The predicted octanol–water partition coefficient (Wildman–Crippen LogP) is -2.51. The molecule has 64 valence electrons. The molecule has 0 rings (SSSR count). The number of hydrogen-bond acceptors (Lipinski definition) is 5. The second kappa shape index (κ2) is 7.00. The third-order valence-electron chi connectivity index (χ3n) is 0.302. The molecule has 0 radical (unpaired) electrons. The molecule has 0 heterocycles. The molecule has 0 aliphatic rings. The summed E-state index contributed by atoms with van der Waals surface area (Å²) < 4.78 is 0. The lowest BCUT2D eigenvalue weighted by atomic mass is 10.3. The fourth-order valence-corrected chi connectivity index (χ4v) is 0.129. The van der Waals surface area contributed by atoms with Crippen molar-refractivity contribution in [2.45, 2.75) is 6.42 Å². The molecule has 0 fully saturated rings. The van der Waals surface area contributed by atoms with Crippen molar-refractivity contribution in [1.29, 1.82) is 0 Å². The van der Waals surface area contributed by atoms with Gasteiger partial charge in [0.05, 0.1) is 0 Å². The molecule has 0 atom stereocenters. The standard InChI is InChI=1S/C3H4O4.BH3O3/c4-2(5)1-3(6)7;2-1(3)4/h1H2,(H,4,5)(H,6,7);2-4H. The Morgan fingerprint density at radius 1 is 1.00 bits per heavy atom. The van der Waals surface area contributed by atoms with Gasteiger partial charge >= 0.3 is 19.3 Å². The first-order chi connectivity index (χ1) is 4.86. The van der Waals surface area contributed by atoms with E-state index in [0.717, 1.165) is 0 Å². The van der Waals surface area contributed by atoms with Crippen LogP contribution in [0.15, 0.2) is 0 Å². The van der Waals surface area contributed by atoms with Crippen molar-refractivity contribution in [3.63, 3.8) is 0 Å². The Hall–Kier alpha value is -1.12. The molecule has 8 heteroatoms. The van der Waals surface area contributed by atoms with E-state index in [1.54, 1.807) is 0 Å². The quantitative estimate of drug-likeness (QED) is 0.226. The maximum absolute atomic E-state index is 9.43. The first kappa shape index (κ1) is 12.6. The second-order valence-electron chi connectivity index (χ2n) is 1.31. The summed E-state index contributed by atoms with van der Waals surface area (Å²) >= 11 is 0. The molecule has 0 aliphatic carbocycles. The van der Waals surface area contributed by atoms with E-state index in [1.165, 1.54) is 0 Å². The van der Waals surface area contributed by atoms with Gasteiger partial charge < -0.3 is 25.3 Å². The molecule has 0 bridgehead atoms. The second-order valence-corrected chi connectivity index (χ2v) is 1.31. The summed E-state index contributed by atoms with van der Waals surface area (Å²) in [6, 6.07) is 0. The van der Waals surface area contributed by atoms with Gasteiger partial charge in [-0.25, -0.2) is 0 Å². The highest BCUT2D eigenvalue weighted by Gasteiger charge is 2.01. The van der Waals surface area contributed by atoms with E-state index in [1.807, 2.05) is 0 Å². The first-order valence-electron chi connectivity index (χ1n) is 2.34. The van der Waals surface area contributed by atoms with Gasteiger partial charge in [0.1, 0.15) is 6.42 Å². The van der Waals surface area contributed by atoms with Crippen LogP contribution in [0.2, 0.25) is 0 Å². The molecule has 0 aromatic carbocycles. The monoisotopic (exact) mass is 166 g/mol. The number of rotatable bonds is 2. The molecule has 7 nitrogen and oxygen atoms in total. The number of hydrogen-bond donors (Lipinski definition) is 5. The number of carboxylic acid groups (broad SMARTS) is 2. The maximum Gasteiger partial charge on any atom is 0.631 e. The molecule has 0 aromatic heterocycles. The predicted molar refractivity (Wildman–Crippen MR) is 32.3 cm³/mol. The summed E-state index contributed by atoms with van der Waals surface area (Å²) in [6.07, 6.45) is -0.806. The van der Waals surface area contributed by atoms with Gasteiger partial charge in [0, 0.05) is 0 Å². The van der Waals surface area contributed by atoms with E-state index < -0.39 is 25.7 Å². The average Bonchev–Trinajstić information content (AvgIpc) is 1.56. The Morgan fingerprint density at radius 2 is 1.18 bits per heavy atom. The van der Waals surface area contributed by atoms with Crippen molar-refractivity contribution >= 4 is 19.3 Å². The smallest absolute Gasteiger partial charge is 0.481 e. The minimum Gasteiger partial charge on any atom is -0.481 e. The molecule has 0 aromatic rings. The van der Waals surface area contributed by atoms with E-state index >= 15 is 0 Å². The van der Waals surface area contributed by atoms with E-state index in [0.29, 0.717) is 0 Å². The summed E-state index contributed by atoms with van der Waals surface area (Å²) in [5.41, 5.74) is 0. The zero-order valence-electron chi connectivity index (χ0n) is 5.34. The van der Waals surface area contributed by atoms with Crippen LogP contribution >= 0.6 is 0 Å². The molecule has 0 aliphatic heterocycles. The van der Waals surface area contributed by atoms with Gasteiger partial charge in [-0.1, -0.05) is 0 Å². The minimum absolute atomic E-state index is 0.806. The van der Waals surface area contributed by atoms with Gasteiger partial charge in [-0.05, 0) is 0 Å². The van der Waals surface area contributed by atoms with Crippen LogP contribution in [0.1, 0.15) is 6.42 Å². The highest BCUT2D eigenvalue weighted by Crippen LogP contribution is 1.74. The number of aliphatic carboxylic acids is 2. The largest absolute Gasteiger partial charge is 0.631 e. The molecule has 0 spiro atoms.